The molecule has 0 aliphatic heterocycles. The molecule has 1 N–H and O–H groups in total. The zero-order valence-corrected chi connectivity index (χ0v) is 13.4. The fourth-order valence-electron chi connectivity index (χ4n) is 2.70. The number of aryl methyl sites for hydroxylation is 2. The average molecular weight is 306 g/mol. The lowest BCUT2D eigenvalue weighted by molar-refractivity contribution is -0.114. The van der Waals surface area contributed by atoms with Crippen molar-refractivity contribution in [2.75, 3.05) is 5.32 Å². The minimum atomic E-state index is -0.115. The lowest BCUT2D eigenvalue weighted by atomic mass is 10.1. The quantitative estimate of drug-likeness (QED) is 0.751. The Kier molecular flexibility index (Phi) is 3.74. The maximum Gasteiger partial charge on any atom is 0.221 e. The molecule has 0 saturated carbocycles. The highest BCUT2D eigenvalue weighted by Gasteiger charge is 2.15. The van der Waals surface area contributed by atoms with Crippen LogP contribution in [0.1, 0.15) is 28.5 Å². The largest absolute Gasteiger partial charge is 0.341 e. The van der Waals surface area contributed by atoms with Gasteiger partial charge in [-0.1, -0.05) is 29.8 Å². The van der Waals surface area contributed by atoms with Crippen LogP contribution in [0.15, 0.2) is 48.5 Å². The van der Waals surface area contributed by atoms with Gasteiger partial charge in [-0.3, -0.25) is 9.59 Å². The third kappa shape index (κ3) is 2.88. The van der Waals surface area contributed by atoms with E-state index < -0.39 is 0 Å². The maximum absolute atomic E-state index is 12.7. The zero-order chi connectivity index (χ0) is 16.6. The third-order valence-electron chi connectivity index (χ3n) is 3.91. The molecule has 0 spiro atoms. The summed E-state index contributed by atoms with van der Waals surface area (Å²) in [7, 11) is 1.88. The molecule has 0 aliphatic carbocycles. The first-order valence-electron chi connectivity index (χ1n) is 7.44. The second-order valence-corrected chi connectivity index (χ2v) is 5.74. The molecule has 1 amide bonds. The molecule has 0 atom stereocenters. The van der Waals surface area contributed by atoms with Crippen LogP contribution in [-0.2, 0) is 11.8 Å². The minimum absolute atomic E-state index is 0.00947. The average Bonchev–Trinajstić information content (AvgIpc) is 2.83. The molecule has 0 fully saturated rings. The smallest absolute Gasteiger partial charge is 0.221 e. The van der Waals surface area contributed by atoms with E-state index in [4.69, 9.17) is 0 Å². The summed E-state index contributed by atoms with van der Waals surface area (Å²) in [4.78, 5) is 23.9. The van der Waals surface area contributed by atoms with Crippen LogP contribution in [0.5, 0.6) is 0 Å². The lowest BCUT2D eigenvalue weighted by Gasteiger charge is -2.05. The van der Waals surface area contributed by atoms with Gasteiger partial charge < -0.3 is 9.88 Å². The highest BCUT2D eigenvalue weighted by atomic mass is 16.1. The molecule has 0 radical (unpaired) electrons. The summed E-state index contributed by atoms with van der Waals surface area (Å²) in [5, 5.41) is 3.68. The van der Waals surface area contributed by atoms with E-state index in [-0.39, 0.29) is 11.7 Å². The van der Waals surface area contributed by atoms with Crippen LogP contribution in [0.3, 0.4) is 0 Å². The van der Waals surface area contributed by atoms with E-state index in [1.807, 2.05) is 67.1 Å². The van der Waals surface area contributed by atoms with Crippen molar-refractivity contribution in [1.82, 2.24) is 4.57 Å². The van der Waals surface area contributed by atoms with Gasteiger partial charge in [0.1, 0.15) is 0 Å². The molecule has 0 saturated heterocycles. The second kappa shape index (κ2) is 5.72. The molecule has 1 heterocycles. The standard InChI is InChI=1S/C19H18N2O2/c1-12-4-6-14(7-5-12)19(23)18-11-15-10-16(20-13(2)22)8-9-17(15)21(18)3/h4-11H,1-3H3,(H,20,22). The number of carbonyl (C=O) groups is 2. The van der Waals surface area contributed by atoms with Crippen LogP contribution in [0.2, 0.25) is 0 Å². The van der Waals surface area contributed by atoms with Gasteiger partial charge in [-0.2, -0.15) is 0 Å². The van der Waals surface area contributed by atoms with Crippen molar-refractivity contribution in [3.63, 3.8) is 0 Å². The van der Waals surface area contributed by atoms with Crippen molar-refractivity contribution >= 4 is 28.3 Å². The first kappa shape index (κ1) is 15.0. The zero-order valence-electron chi connectivity index (χ0n) is 13.4. The Bertz CT molecular complexity index is 905. The maximum atomic E-state index is 12.7. The number of nitrogens with zero attached hydrogens (tertiary/aromatic N) is 1. The van der Waals surface area contributed by atoms with Crippen LogP contribution in [0, 0.1) is 6.92 Å². The number of aromatic nitrogens is 1. The number of amides is 1. The van der Waals surface area contributed by atoms with E-state index in [9.17, 15) is 9.59 Å². The van der Waals surface area contributed by atoms with E-state index >= 15 is 0 Å². The van der Waals surface area contributed by atoms with Gasteiger partial charge in [-0.15, -0.1) is 0 Å². The van der Waals surface area contributed by atoms with Gasteiger partial charge in [0.15, 0.2) is 0 Å². The monoisotopic (exact) mass is 306 g/mol. The number of fused-ring (bicyclic) bond motifs is 1. The molecule has 0 aliphatic rings. The van der Waals surface area contributed by atoms with Crippen molar-refractivity contribution in [3.05, 3.63) is 65.4 Å². The number of hydrogen-bond acceptors (Lipinski definition) is 2. The van der Waals surface area contributed by atoms with Gasteiger partial charge in [0, 0.05) is 36.1 Å². The summed E-state index contributed by atoms with van der Waals surface area (Å²) in [6, 6.07) is 15.0. The van der Waals surface area contributed by atoms with Crippen molar-refractivity contribution in [2.45, 2.75) is 13.8 Å². The Balaban J connectivity index is 2.04. The Morgan fingerprint density at radius 1 is 1.00 bits per heavy atom. The predicted octanol–water partition coefficient (Wildman–Crippen LogP) is 3.68. The fraction of sp³-hybridized carbons (Fsp3) is 0.158. The number of carbonyl (C=O) groups excluding carboxylic acids is 2. The summed E-state index contributed by atoms with van der Waals surface area (Å²) in [6.45, 7) is 3.47. The molecular formula is C19H18N2O2. The summed E-state index contributed by atoms with van der Waals surface area (Å²) in [6.07, 6.45) is 0. The molecule has 4 nitrogen and oxygen atoms in total. The Hall–Kier alpha value is -2.88. The van der Waals surface area contributed by atoms with Crippen molar-refractivity contribution < 1.29 is 9.59 Å². The number of anilines is 1. The number of benzene rings is 2. The Labute approximate surface area is 134 Å². The van der Waals surface area contributed by atoms with Crippen molar-refractivity contribution in [2.24, 2.45) is 7.05 Å². The Morgan fingerprint density at radius 3 is 2.35 bits per heavy atom. The normalized spacial score (nSPS) is 10.7. The summed E-state index contributed by atoms with van der Waals surface area (Å²) in [5.41, 5.74) is 4.10. The highest BCUT2D eigenvalue weighted by molar-refractivity contribution is 6.10. The van der Waals surface area contributed by atoms with E-state index in [0.29, 0.717) is 11.3 Å². The molecular weight excluding hydrogens is 288 g/mol. The predicted molar refractivity (Wildman–Crippen MR) is 91.8 cm³/mol. The fourth-order valence-corrected chi connectivity index (χ4v) is 2.70. The second-order valence-electron chi connectivity index (χ2n) is 5.74. The van der Waals surface area contributed by atoms with E-state index in [1.54, 1.807) is 0 Å². The SMILES string of the molecule is CC(=O)Nc1ccc2c(c1)cc(C(=O)c1ccc(C)cc1)n2C. The van der Waals surface area contributed by atoms with Gasteiger partial charge in [0.05, 0.1) is 5.69 Å². The van der Waals surface area contributed by atoms with Crippen LogP contribution in [0.4, 0.5) is 5.69 Å². The van der Waals surface area contributed by atoms with Crippen LogP contribution in [-0.4, -0.2) is 16.3 Å². The van der Waals surface area contributed by atoms with Crippen LogP contribution < -0.4 is 5.32 Å². The molecule has 3 aromatic rings. The van der Waals surface area contributed by atoms with Crippen LogP contribution in [0.25, 0.3) is 10.9 Å². The van der Waals surface area contributed by atoms with Gasteiger partial charge in [0.25, 0.3) is 0 Å². The topological polar surface area (TPSA) is 51.1 Å². The van der Waals surface area contributed by atoms with Crippen LogP contribution >= 0.6 is 0 Å². The van der Waals surface area contributed by atoms with E-state index in [1.165, 1.54) is 6.92 Å². The van der Waals surface area contributed by atoms with Crippen molar-refractivity contribution in [3.8, 4) is 0 Å². The number of rotatable bonds is 3. The Morgan fingerprint density at radius 2 is 1.70 bits per heavy atom. The molecule has 0 unspecified atom stereocenters. The number of ketones is 1. The summed E-state index contributed by atoms with van der Waals surface area (Å²) in [5.74, 6) is -0.124. The molecule has 1 aromatic heterocycles. The van der Waals surface area contributed by atoms with Gasteiger partial charge >= 0.3 is 0 Å². The molecule has 2 aromatic carbocycles. The number of nitrogens with one attached hydrogen (secondary N) is 1. The molecule has 0 bridgehead atoms. The lowest BCUT2D eigenvalue weighted by Crippen LogP contribution is -2.07. The summed E-state index contributed by atoms with van der Waals surface area (Å²) < 4.78 is 1.88. The third-order valence-corrected chi connectivity index (χ3v) is 3.91. The molecule has 4 heteroatoms. The molecule has 3 rings (SSSR count). The molecule has 116 valence electrons. The minimum Gasteiger partial charge on any atom is -0.341 e. The van der Waals surface area contributed by atoms with Crippen molar-refractivity contribution in [1.29, 1.82) is 0 Å². The molecule has 23 heavy (non-hydrogen) atoms. The van der Waals surface area contributed by atoms with E-state index in [2.05, 4.69) is 5.32 Å². The van der Waals surface area contributed by atoms with E-state index in [0.717, 1.165) is 22.2 Å². The first-order chi connectivity index (χ1) is 11.0. The highest BCUT2D eigenvalue weighted by Crippen LogP contribution is 2.24. The van der Waals surface area contributed by atoms with Gasteiger partial charge in [-0.05, 0) is 31.2 Å². The number of hydrogen-bond donors (Lipinski definition) is 1. The first-order valence-corrected chi connectivity index (χ1v) is 7.44. The summed E-state index contributed by atoms with van der Waals surface area (Å²) >= 11 is 0. The van der Waals surface area contributed by atoms with Gasteiger partial charge in [0.2, 0.25) is 11.7 Å². The van der Waals surface area contributed by atoms with Gasteiger partial charge in [-0.25, -0.2) is 0 Å².